The van der Waals surface area contributed by atoms with Gasteiger partial charge in [-0.25, -0.2) is 13.6 Å². The van der Waals surface area contributed by atoms with Gasteiger partial charge in [0.25, 0.3) is 0 Å². The molecule has 0 saturated heterocycles. The molecule has 0 unspecified atom stereocenters. The van der Waals surface area contributed by atoms with Crippen molar-refractivity contribution in [1.82, 2.24) is 9.47 Å². The van der Waals surface area contributed by atoms with E-state index in [0.717, 1.165) is 37.1 Å². The Labute approximate surface area is 178 Å². The van der Waals surface area contributed by atoms with Gasteiger partial charge in [-0.1, -0.05) is 6.92 Å². The number of thiophene rings is 1. The lowest BCUT2D eigenvalue weighted by Crippen LogP contribution is -2.37. The number of benzene rings is 1. The average Bonchev–Trinajstić information content (AvgIpc) is 3.32. The van der Waals surface area contributed by atoms with Crippen LogP contribution in [0.3, 0.4) is 0 Å². The molecule has 0 radical (unpaired) electrons. The summed E-state index contributed by atoms with van der Waals surface area (Å²) in [4.78, 5) is 16.5. The molecule has 1 aliphatic carbocycles. The number of aromatic nitrogens is 1. The maximum absolute atomic E-state index is 14.2. The molecule has 0 fully saturated rings. The molecule has 156 valence electrons. The Hall–Kier alpha value is -2.67. The van der Waals surface area contributed by atoms with Gasteiger partial charge in [0.1, 0.15) is 16.6 Å². The van der Waals surface area contributed by atoms with Crippen molar-refractivity contribution in [3.63, 3.8) is 0 Å². The van der Waals surface area contributed by atoms with Crippen LogP contribution >= 0.6 is 11.3 Å². The number of amides is 2. The Kier molecular flexibility index (Phi) is 4.85. The average molecular weight is 428 g/mol. The third kappa shape index (κ3) is 3.12. The van der Waals surface area contributed by atoms with Gasteiger partial charge >= 0.3 is 6.03 Å². The second kappa shape index (κ2) is 7.54. The topological polar surface area (TPSA) is 37.3 Å². The quantitative estimate of drug-likeness (QED) is 0.520. The highest BCUT2D eigenvalue weighted by atomic mass is 32.1. The number of anilines is 1. The minimum Gasteiger partial charge on any atom is -0.312 e. The molecule has 3 heterocycles. The number of nitrogens with zero attached hydrogens (tertiary/aromatic N) is 2. The largest absolute Gasteiger partial charge is 0.322 e. The fourth-order valence-electron chi connectivity index (χ4n) is 4.69. The van der Waals surface area contributed by atoms with Crippen molar-refractivity contribution in [2.24, 2.45) is 0 Å². The molecule has 5 rings (SSSR count). The van der Waals surface area contributed by atoms with E-state index in [2.05, 4.69) is 29.1 Å². The van der Waals surface area contributed by atoms with Gasteiger partial charge in [-0.15, -0.1) is 11.3 Å². The Morgan fingerprint density at radius 3 is 2.83 bits per heavy atom. The van der Waals surface area contributed by atoms with Gasteiger partial charge in [-0.2, -0.15) is 0 Å². The van der Waals surface area contributed by atoms with Crippen LogP contribution in [0.5, 0.6) is 0 Å². The van der Waals surface area contributed by atoms with Crippen molar-refractivity contribution in [3.05, 3.63) is 69.9 Å². The van der Waals surface area contributed by atoms with Gasteiger partial charge in [0.2, 0.25) is 0 Å². The summed E-state index contributed by atoms with van der Waals surface area (Å²) >= 11 is 1.84. The molecule has 1 N–H and O–H groups in total. The van der Waals surface area contributed by atoms with E-state index < -0.39 is 11.6 Å². The lowest BCUT2D eigenvalue weighted by Gasteiger charge is -2.30. The van der Waals surface area contributed by atoms with E-state index in [9.17, 15) is 13.6 Å². The maximum Gasteiger partial charge on any atom is 0.322 e. The van der Waals surface area contributed by atoms with E-state index in [1.165, 1.54) is 39.9 Å². The van der Waals surface area contributed by atoms with Gasteiger partial charge in [-0.3, -0.25) is 0 Å². The first-order chi connectivity index (χ1) is 14.6. The molecule has 1 atom stereocenters. The molecule has 1 aromatic carbocycles. The number of halogens is 2. The summed E-state index contributed by atoms with van der Waals surface area (Å²) in [6, 6.07) is 6.76. The van der Waals surface area contributed by atoms with Crippen LogP contribution in [-0.2, 0) is 19.4 Å². The zero-order chi connectivity index (χ0) is 20.8. The van der Waals surface area contributed by atoms with E-state index in [4.69, 9.17) is 0 Å². The van der Waals surface area contributed by atoms with Gasteiger partial charge in [0, 0.05) is 28.4 Å². The van der Waals surface area contributed by atoms with Gasteiger partial charge < -0.3 is 14.8 Å². The number of carbonyl (C=O) groups is 1. The highest BCUT2D eigenvalue weighted by molar-refractivity contribution is 7.15. The number of aryl methyl sites for hydroxylation is 1. The molecule has 7 heteroatoms. The van der Waals surface area contributed by atoms with Crippen LogP contribution in [0.4, 0.5) is 19.3 Å². The third-order valence-corrected chi connectivity index (χ3v) is 7.46. The van der Waals surface area contributed by atoms with E-state index in [0.29, 0.717) is 6.54 Å². The Bertz CT molecular complexity index is 1120. The molecule has 4 nitrogen and oxygen atoms in total. The molecule has 3 aromatic rings. The summed E-state index contributed by atoms with van der Waals surface area (Å²) in [6.07, 6.45) is 7.31. The molecule has 2 amide bonds. The molecular weight excluding hydrogens is 404 g/mol. The monoisotopic (exact) mass is 427 g/mol. The molecule has 0 saturated carbocycles. The minimum atomic E-state index is -0.775. The SMILES string of the molecule is CC[C@H]1c2cccn2-c2sc3c(c2CN1C(=O)Nc1ccc(F)cc1F)CCCC3. The first-order valence-electron chi connectivity index (χ1n) is 10.4. The molecule has 30 heavy (non-hydrogen) atoms. The summed E-state index contributed by atoms with van der Waals surface area (Å²) in [5.41, 5.74) is 3.63. The standard InChI is InChI=1S/C23H23F2N3OS/c1-2-19-20-7-5-11-27(20)22-16(15-6-3-4-8-21(15)30-22)13-28(19)23(29)26-18-10-9-14(24)12-17(18)25/h5,7,9-12,19H,2-4,6,8,13H2,1H3,(H,26,29)/t19-/m0/s1. The second-order valence-electron chi connectivity index (χ2n) is 7.90. The fourth-order valence-corrected chi connectivity index (χ4v) is 6.09. The Morgan fingerprint density at radius 2 is 2.03 bits per heavy atom. The molecule has 2 aliphatic rings. The lowest BCUT2D eigenvalue weighted by atomic mass is 9.95. The number of urea groups is 1. The highest BCUT2D eigenvalue weighted by Gasteiger charge is 2.34. The van der Waals surface area contributed by atoms with Crippen LogP contribution in [0.15, 0.2) is 36.5 Å². The Morgan fingerprint density at radius 1 is 1.20 bits per heavy atom. The van der Waals surface area contributed by atoms with Crippen LogP contribution < -0.4 is 5.32 Å². The summed E-state index contributed by atoms with van der Waals surface area (Å²) in [7, 11) is 0. The third-order valence-electron chi connectivity index (χ3n) is 6.12. The predicted molar refractivity (Wildman–Crippen MR) is 114 cm³/mol. The first kappa shape index (κ1) is 19.3. The molecule has 2 aromatic heterocycles. The van der Waals surface area contributed by atoms with Gasteiger partial charge in [0.15, 0.2) is 0 Å². The maximum atomic E-state index is 14.2. The van der Waals surface area contributed by atoms with Gasteiger partial charge in [-0.05, 0) is 61.9 Å². The van der Waals surface area contributed by atoms with E-state index >= 15 is 0 Å². The predicted octanol–water partition coefficient (Wildman–Crippen LogP) is 6.19. The van der Waals surface area contributed by atoms with E-state index in [-0.39, 0.29) is 17.8 Å². The smallest absolute Gasteiger partial charge is 0.312 e. The van der Waals surface area contributed by atoms with E-state index in [1.54, 1.807) is 4.90 Å². The lowest BCUT2D eigenvalue weighted by molar-refractivity contribution is 0.181. The summed E-state index contributed by atoms with van der Waals surface area (Å²) in [5, 5.41) is 3.86. The van der Waals surface area contributed by atoms with Crippen molar-refractivity contribution in [2.45, 2.75) is 51.6 Å². The van der Waals surface area contributed by atoms with Crippen molar-refractivity contribution >= 4 is 23.1 Å². The van der Waals surface area contributed by atoms with Crippen LogP contribution in [0.2, 0.25) is 0 Å². The van der Waals surface area contributed by atoms with Gasteiger partial charge in [0.05, 0.1) is 18.3 Å². The van der Waals surface area contributed by atoms with Crippen molar-refractivity contribution in [2.75, 3.05) is 5.32 Å². The normalized spacial score (nSPS) is 17.7. The number of fused-ring (bicyclic) bond motifs is 5. The summed E-state index contributed by atoms with van der Waals surface area (Å²) in [5.74, 6) is -1.44. The van der Waals surface area contributed by atoms with E-state index in [1.807, 2.05) is 17.4 Å². The van der Waals surface area contributed by atoms with Crippen molar-refractivity contribution < 1.29 is 13.6 Å². The molecule has 0 spiro atoms. The number of hydrogen-bond donors (Lipinski definition) is 1. The number of nitrogens with one attached hydrogen (secondary N) is 1. The number of rotatable bonds is 2. The molecule has 1 aliphatic heterocycles. The van der Waals surface area contributed by atoms with Crippen LogP contribution in [-0.4, -0.2) is 15.5 Å². The van der Waals surface area contributed by atoms with Crippen molar-refractivity contribution in [3.8, 4) is 5.00 Å². The first-order valence-corrected chi connectivity index (χ1v) is 11.2. The highest BCUT2D eigenvalue weighted by Crippen LogP contribution is 2.43. The summed E-state index contributed by atoms with van der Waals surface area (Å²) < 4.78 is 29.7. The number of carbonyl (C=O) groups excluding carboxylic acids is 1. The second-order valence-corrected chi connectivity index (χ2v) is 8.99. The fraction of sp³-hybridized carbons (Fsp3) is 0.348. The summed E-state index contributed by atoms with van der Waals surface area (Å²) in [6.45, 7) is 2.53. The zero-order valence-electron chi connectivity index (χ0n) is 16.8. The van der Waals surface area contributed by atoms with Crippen molar-refractivity contribution in [1.29, 1.82) is 0 Å². The van der Waals surface area contributed by atoms with Crippen LogP contribution in [0.25, 0.3) is 5.00 Å². The van der Waals surface area contributed by atoms with Crippen LogP contribution in [0.1, 0.15) is 53.9 Å². The molecular formula is C23H23F2N3OS. The minimum absolute atomic E-state index is 0.0107. The van der Waals surface area contributed by atoms with Crippen LogP contribution in [0, 0.1) is 11.6 Å². The zero-order valence-corrected chi connectivity index (χ0v) is 17.6. The number of hydrogen-bond acceptors (Lipinski definition) is 2. The molecule has 0 bridgehead atoms. The Balaban J connectivity index is 1.56.